The van der Waals surface area contributed by atoms with Crippen LogP contribution in [0.4, 0.5) is 10.5 Å². The number of barbiturate groups is 1. The van der Waals surface area contributed by atoms with Gasteiger partial charge in [-0.05, 0) is 61.9 Å². The van der Waals surface area contributed by atoms with Crippen molar-refractivity contribution in [2.75, 3.05) is 25.2 Å². The minimum Gasteiger partial charge on any atom is -0.493 e. The molecule has 3 aromatic rings. The Labute approximate surface area is 209 Å². The van der Waals surface area contributed by atoms with Crippen LogP contribution in [0, 0.1) is 13.8 Å². The number of carbonyl (C=O) groups is 3. The van der Waals surface area contributed by atoms with E-state index in [0.29, 0.717) is 36.0 Å². The molecular weight excluding hydrogens is 460 g/mol. The first kappa shape index (κ1) is 24.5. The summed E-state index contributed by atoms with van der Waals surface area (Å²) in [7, 11) is 1.50. The standard InChI is InChI=1S/C28H26N2O6/c1-18-4-9-21(10-5-18)30-27(32)23(26(31)29-28(30)33)16-20-8-13-24(25(17-20)34-3)36-15-14-35-22-11-6-19(2)7-12-22/h4-13,16-17H,14-15H2,1-3H3,(H,29,31,33). The van der Waals surface area contributed by atoms with Crippen molar-refractivity contribution in [3.63, 3.8) is 0 Å². The Morgan fingerprint density at radius 2 is 1.44 bits per heavy atom. The summed E-state index contributed by atoms with van der Waals surface area (Å²) in [5.74, 6) is 0.200. The number of nitrogens with one attached hydrogen (secondary N) is 1. The fourth-order valence-electron chi connectivity index (χ4n) is 3.59. The molecule has 0 unspecified atom stereocenters. The summed E-state index contributed by atoms with van der Waals surface area (Å²) in [4.78, 5) is 38.9. The van der Waals surface area contributed by atoms with E-state index in [1.54, 1.807) is 42.5 Å². The molecule has 1 fully saturated rings. The Hall–Kier alpha value is -4.59. The van der Waals surface area contributed by atoms with Crippen LogP contribution in [-0.2, 0) is 9.59 Å². The Kier molecular flexibility index (Phi) is 7.34. The quantitative estimate of drug-likeness (QED) is 0.288. The van der Waals surface area contributed by atoms with Crippen LogP contribution in [0.3, 0.4) is 0 Å². The van der Waals surface area contributed by atoms with Gasteiger partial charge < -0.3 is 14.2 Å². The lowest BCUT2D eigenvalue weighted by molar-refractivity contribution is -0.122. The van der Waals surface area contributed by atoms with Crippen molar-refractivity contribution in [1.82, 2.24) is 5.32 Å². The average molecular weight is 487 g/mol. The molecule has 0 spiro atoms. The molecule has 1 aliphatic heterocycles. The fourth-order valence-corrected chi connectivity index (χ4v) is 3.59. The van der Waals surface area contributed by atoms with Crippen LogP contribution < -0.4 is 24.4 Å². The summed E-state index contributed by atoms with van der Waals surface area (Å²) in [5.41, 5.74) is 2.87. The minimum atomic E-state index is -0.791. The lowest BCUT2D eigenvalue weighted by atomic mass is 10.1. The van der Waals surface area contributed by atoms with Gasteiger partial charge in [-0.3, -0.25) is 14.9 Å². The average Bonchev–Trinajstić information content (AvgIpc) is 2.87. The largest absolute Gasteiger partial charge is 0.493 e. The second-order valence-corrected chi connectivity index (χ2v) is 8.21. The number of rotatable bonds is 8. The Balaban J connectivity index is 1.47. The number of hydrogen-bond acceptors (Lipinski definition) is 6. The van der Waals surface area contributed by atoms with Gasteiger partial charge in [0.1, 0.15) is 24.5 Å². The molecular formula is C28H26N2O6. The molecule has 3 aromatic carbocycles. The van der Waals surface area contributed by atoms with Crippen LogP contribution in [-0.4, -0.2) is 38.2 Å². The zero-order chi connectivity index (χ0) is 25.7. The molecule has 4 rings (SSSR count). The lowest BCUT2D eigenvalue weighted by Crippen LogP contribution is -2.54. The van der Waals surface area contributed by atoms with Crippen LogP contribution in [0.15, 0.2) is 72.3 Å². The van der Waals surface area contributed by atoms with Gasteiger partial charge in [0, 0.05) is 0 Å². The molecule has 0 aromatic heterocycles. The van der Waals surface area contributed by atoms with E-state index in [4.69, 9.17) is 14.2 Å². The van der Waals surface area contributed by atoms with E-state index in [9.17, 15) is 14.4 Å². The van der Waals surface area contributed by atoms with Gasteiger partial charge in [0.25, 0.3) is 11.8 Å². The number of urea groups is 1. The van der Waals surface area contributed by atoms with E-state index in [2.05, 4.69) is 5.32 Å². The Bertz CT molecular complexity index is 1310. The summed E-state index contributed by atoms with van der Waals surface area (Å²) < 4.78 is 16.9. The zero-order valence-electron chi connectivity index (χ0n) is 20.2. The second kappa shape index (κ2) is 10.8. The number of nitrogens with zero attached hydrogens (tertiary/aromatic N) is 1. The molecule has 184 valence electrons. The number of anilines is 1. The van der Waals surface area contributed by atoms with Crippen molar-refractivity contribution >= 4 is 29.6 Å². The van der Waals surface area contributed by atoms with Crippen molar-refractivity contribution < 1.29 is 28.6 Å². The predicted molar refractivity (Wildman–Crippen MR) is 135 cm³/mol. The number of methoxy groups -OCH3 is 1. The summed E-state index contributed by atoms with van der Waals surface area (Å²) in [6, 6.07) is 18.8. The summed E-state index contributed by atoms with van der Waals surface area (Å²) in [5, 5.41) is 2.22. The molecule has 8 heteroatoms. The van der Waals surface area contributed by atoms with E-state index in [-0.39, 0.29) is 5.57 Å². The SMILES string of the molecule is COc1cc(C=C2C(=O)NC(=O)N(c3ccc(C)cc3)C2=O)ccc1OCCOc1ccc(C)cc1. The van der Waals surface area contributed by atoms with Gasteiger partial charge in [-0.15, -0.1) is 0 Å². The molecule has 0 bridgehead atoms. The van der Waals surface area contributed by atoms with Gasteiger partial charge in [-0.1, -0.05) is 41.5 Å². The van der Waals surface area contributed by atoms with Crippen molar-refractivity contribution in [2.45, 2.75) is 13.8 Å². The maximum atomic E-state index is 13.1. The van der Waals surface area contributed by atoms with Crippen LogP contribution in [0.5, 0.6) is 17.2 Å². The molecule has 4 amide bonds. The van der Waals surface area contributed by atoms with Gasteiger partial charge >= 0.3 is 6.03 Å². The predicted octanol–water partition coefficient (Wildman–Crippen LogP) is 4.44. The van der Waals surface area contributed by atoms with Gasteiger partial charge in [-0.25, -0.2) is 9.69 Å². The molecule has 0 radical (unpaired) electrons. The molecule has 0 atom stereocenters. The Morgan fingerprint density at radius 1 is 0.806 bits per heavy atom. The smallest absolute Gasteiger partial charge is 0.335 e. The van der Waals surface area contributed by atoms with Gasteiger partial charge in [0.15, 0.2) is 11.5 Å². The summed E-state index contributed by atoms with van der Waals surface area (Å²) in [6.07, 6.45) is 1.41. The van der Waals surface area contributed by atoms with E-state index in [1.807, 2.05) is 38.1 Å². The number of amides is 4. The molecule has 1 heterocycles. The second-order valence-electron chi connectivity index (χ2n) is 8.21. The van der Waals surface area contributed by atoms with Crippen molar-refractivity contribution in [1.29, 1.82) is 0 Å². The first-order chi connectivity index (χ1) is 17.4. The van der Waals surface area contributed by atoms with Crippen LogP contribution >= 0.6 is 0 Å². The number of carbonyl (C=O) groups excluding carboxylic acids is 3. The van der Waals surface area contributed by atoms with Crippen LogP contribution in [0.25, 0.3) is 6.08 Å². The number of benzene rings is 3. The highest BCUT2D eigenvalue weighted by molar-refractivity contribution is 6.39. The monoisotopic (exact) mass is 486 g/mol. The minimum absolute atomic E-state index is 0.169. The van der Waals surface area contributed by atoms with Crippen LogP contribution in [0.1, 0.15) is 16.7 Å². The first-order valence-electron chi connectivity index (χ1n) is 11.3. The zero-order valence-corrected chi connectivity index (χ0v) is 20.2. The van der Waals surface area contributed by atoms with E-state index in [0.717, 1.165) is 21.8 Å². The van der Waals surface area contributed by atoms with E-state index in [1.165, 1.54) is 13.2 Å². The van der Waals surface area contributed by atoms with Crippen molar-refractivity contribution in [3.8, 4) is 17.2 Å². The van der Waals surface area contributed by atoms with E-state index < -0.39 is 17.8 Å². The number of aryl methyl sites for hydroxylation is 2. The van der Waals surface area contributed by atoms with Crippen LogP contribution in [0.2, 0.25) is 0 Å². The fraction of sp³-hybridized carbons (Fsp3) is 0.179. The van der Waals surface area contributed by atoms with Crippen molar-refractivity contribution in [2.24, 2.45) is 0 Å². The number of imide groups is 2. The highest BCUT2D eigenvalue weighted by Crippen LogP contribution is 2.30. The van der Waals surface area contributed by atoms with Gasteiger partial charge in [0.2, 0.25) is 0 Å². The summed E-state index contributed by atoms with van der Waals surface area (Å²) in [6.45, 7) is 4.54. The third kappa shape index (κ3) is 5.55. The maximum Gasteiger partial charge on any atom is 0.335 e. The highest BCUT2D eigenvalue weighted by atomic mass is 16.5. The maximum absolute atomic E-state index is 13.1. The third-order valence-corrected chi connectivity index (χ3v) is 5.52. The molecule has 0 saturated carbocycles. The topological polar surface area (TPSA) is 94.2 Å². The first-order valence-corrected chi connectivity index (χ1v) is 11.3. The highest BCUT2D eigenvalue weighted by Gasteiger charge is 2.36. The van der Waals surface area contributed by atoms with E-state index >= 15 is 0 Å². The summed E-state index contributed by atoms with van der Waals surface area (Å²) >= 11 is 0. The number of hydrogen-bond donors (Lipinski definition) is 1. The normalized spacial score (nSPS) is 14.6. The molecule has 0 aliphatic carbocycles. The molecule has 1 saturated heterocycles. The molecule has 8 nitrogen and oxygen atoms in total. The van der Waals surface area contributed by atoms with Gasteiger partial charge in [-0.2, -0.15) is 0 Å². The van der Waals surface area contributed by atoms with Gasteiger partial charge in [0.05, 0.1) is 12.8 Å². The van der Waals surface area contributed by atoms with Crippen molar-refractivity contribution in [3.05, 3.63) is 89.0 Å². The molecule has 1 aliphatic rings. The lowest BCUT2D eigenvalue weighted by Gasteiger charge is -2.26. The molecule has 36 heavy (non-hydrogen) atoms. The molecule has 1 N–H and O–H groups in total. The Morgan fingerprint density at radius 3 is 2.11 bits per heavy atom. The number of ether oxygens (including phenoxy) is 3. The third-order valence-electron chi connectivity index (χ3n) is 5.52.